The summed E-state index contributed by atoms with van der Waals surface area (Å²) in [5.41, 5.74) is 34.6. The minimum Gasteiger partial charge on any atom is -0.310 e. The molecule has 0 saturated carbocycles. The molecule has 602 valence electrons. The Labute approximate surface area is 759 Å². The van der Waals surface area contributed by atoms with Crippen molar-refractivity contribution in [1.29, 1.82) is 0 Å². The SMILES string of the molecule is [2H]c1c([2H])c([2H])c2c(c1[2H])c1c([2H])c(-c3cccc(-c4ccccc4)c3)c([2H])c([2H])c1n2-c1ccc2c(c1)N(c1c(-c3ccc(-c4ccccc4)cc3)cc(-c3ccccc3)cc1-c1ccc(-c3ccccc3)cc1)c1cc(C(C)(C)C)cc3c1B2c1cc(-c2cc(-c4ccccc4)cc(-c4ccccc4)c2)ccc1N3c1c(-c2ccccc2)cc(-c2ccccc2)cc1-c1ccccc1. The van der Waals surface area contributed by atoms with Crippen molar-refractivity contribution < 1.29 is 9.60 Å². The summed E-state index contributed by atoms with van der Waals surface area (Å²) in [4.78, 5) is 5.12. The van der Waals surface area contributed by atoms with Gasteiger partial charge in [-0.2, -0.15) is 0 Å². The molecule has 1 aromatic heterocycles. The molecule has 0 N–H and O–H groups in total. The van der Waals surface area contributed by atoms with E-state index in [4.69, 9.17) is 0 Å². The predicted molar refractivity (Wildman–Crippen MR) is 544 cm³/mol. The average Bonchev–Trinajstić information content (AvgIpc) is 1.59. The van der Waals surface area contributed by atoms with E-state index < -0.39 is 24.2 Å². The number of nitrogens with zero attached hydrogens (tertiary/aromatic N) is 3. The van der Waals surface area contributed by atoms with E-state index in [-0.39, 0.29) is 57.6 Å². The van der Waals surface area contributed by atoms with Gasteiger partial charge in [-0.25, -0.2) is 0 Å². The van der Waals surface area contributed by atoms with Crippen LogP contribution in [-0.4, -0.2) is 11.3 Å². The largest absolute Gasteiger partial charge is 0.310 e. The Hall–Kier alpha value is -16.1. The van der Waals surface area contributed by atoms with Crippen molar-refractivity contribution in [3.63, 3.8) is 0 Å². The van der Waals surface area contributed by atoms with E-state index in [9.17, 15) is 9.60 Å². The van der Waals surface area contributed by atoms with Gasteiger partial charge in [0, 0.05) is 61.5 Å². The smallest absolute Gasteiger partial charge is 0.252 e. The van der Waals surface area contributed by atoms with E-state index in [2.05, 4.69) is 413 Å². The zero-order valence-corrected chi connectivity index (χ0v) is 71.0. The van der Waals surface area contributed by atoms with Crippen molar-refractivity contribution in [2.45, 2.75) is 26.2 Å². The number of rotatable bonds is 16. The topological polar surface area (TPSA) is 11.4 Å². The molecular formula is C124H88BN3. The van der Waals surface area contributed by atoms with Crippen LogP contribution in [0.1, 0.15) is 35.9 Å². The average molecular weight is 1640 g/mol. The van der Waals surface area contributed by atoms with Crippen LogP contribution >= 0.6 is 0 Å². The summed E-state index contributed by atoms with van der Waals surface area (Å²) in [7, 11) is 0. The molecule has 0 radical (unpaired) electrons. The van der Waals surface area contributed by atoms with Crippen LogP contribution in [0.25, 0.3) is 172 Å². The number of hydrogen-bond donors (Lipinski definition) is 0. The molecular weight excluding hydrogens is 1540 g/mol. The molecule has 4 heteroatoms. The van der Waals surface area contributed by atoms with E-state index in [1.165, 1.54) is 0 Å². The molecule has 0 fully saturated rings. The highest BCUT2D eigenvalue weighted by Gasteiger charge is 2.47. The molecule has 21 aromatic rings. The van der Waals surface area contributed by atoms with Gasteiger partial charge in [-0.1, -0.05) is 403 Å². The van der Waals surface area contributed by atoms with E-state index in [0.29, 0.717) is 11.3 Å². The van der Waals surface area contributed by atoms with Crippen LogP contribution in [0.15, 0.2) is 479 Å². The molecule has 0 aliphatic carbocycles. The molecule has 23 rings (SSSR count). The zero-order valence-electron chi connectivity index (χ0n) is 78.0. The number of benzene rings is 20. The van der Waals surface area contributed by atoms with Crippen LogP contribution in [-0.2, 0) is 5.41 Å². The maximum Gasteiger partial charge on any atom is 0.252 e. The van der Waals surface area contributed by atoms with Crippen molar-refractivity contribution >= 4 is 79.0 Å². The Kier molecular flexibility index (Phi) is 17.4. The quantitative estimate of drug-likeness (QED) is 0.0894. The van der Waals surface area contributed by atoms with E-state index in [1.54, 1.807) is 4.57 Å². The Bertz CT molecular complexity index is 8000. The summed E-state index contributed by atoms with van der Waals surface area (Å²) in [5.74, 6) is 0. The van der Waals surface area contributed by atoms with Crippen LogP contribution < -0.4 is 26.2 Å². The first-order valence-electron chi connectivity index (χ1n) is 47.5. The lowest BCUT2D eigenvalue weighted by Gasteiger charge is -2.46. The maximum atomic E-state index is 10.7. The number of para-hydroxylation sites is 1. The number of fused-ring (bicyclic) bond motifs is 7. The molecule has 0 saturated heterocycles. The van der Waals surface area contributed by atoms with Gasteiger partial charge in [-0.05, 0) is 247 Å². The maximum absolute atomic E-state index is 10.7. The van der Waals surface area contributed by atoms with Crippen LogP contribution in [0.3, 0.4) is 0 Å². The fraction of sp³-hybridized carbons (Fsp3) is 0.0323. The van der Waals surface area contributed by atoms with Crippen LogP contribution in [0.5, 0.6) is 0 Å². The number of hydrogen-bond acceptors (Lipinski definition) is 2. The van der Waals surface area contributed by atoms with E-state index >= 15 is 0 Å². The Morgan fingerprint density at radius 1 is 0.227 bits per heavy atom. The molecule has 2 aliphatic rings. The van der Waals surface area contributed by atoms with Crippen molar-refractivity contribution in [1.82, 2.24) is 4.57 Å². The Balaban J connectivity index is 0.894. The molecule has 128 heavy (non-hydrogen) atoms. The fourth-order valence-corrected chi connectivity index (χ4v) is 19.4. The minimum atomic E-state index is -0.591. The van der Waals surface area contributed by atoms with Crippen LogP contribution in [0.2, 0.25) is 0 Å². The highest BCUT2D eigenvalue weighted by atomic mass is 15.2. The molecule has 2 aliphatic heterocycles. The van der Waals surface area contributed by atoms with Gasteiger partial charge in [0.25, 0.3) is 6.71 Å². The first-order valence-corrected chi connectivity index (χ1v) is 44.0. The molecule has 0 amide bonds. The second kappa shape index (κ2) is 32.2. The lowest BCUT2D eigenvalue weighted by Crippen LogP contribution is -2.61. The van der Waals surface area contributed by atoms with Gasteiger partial charge < -0.3 is 14.4 Å². The molecule has 20 aromatic carbocycles. The highest BCUT2D eigenvalue weighted by molar-refractivity contribution is 7.00. The highest BCUT2D eigenvalue weighted by Crippen LogP contribution is 2.56. The summed E-state index contributed by atoms with van der Waals surface area (Å²) >= 11 is 0. The minimum absolute atomic E-state index is 0.0791. The third-order valence-electron chi connectivity index (χ3n) is 25.7. The summed E-state index contributed by atoms with van der Waals surface area (Å²) in [6, 6.07) is 154. The van der Waals surface area contributed by atoms with Crippen molar-refractivity contribution in [2.75, 3.05) is 9.80 Å². The van der Waals surface area contributed by atoms with Crippen molar-refractivity contribution in [3.05, 3.63) is 485 Å². The number of anilines is 6. The zero-order chi connectivity index (χ0) is 91.4. The van der Waals surface area contributed by atoms with Crippen LogP contribution in [0, 0.1) is 0 Å². The lowest BCUT2D eigenvalue weighted by molar-refractivity contribution is 0.590. The first kappa shape index (κ1) is 69.3. The van der Waals surface area contributed by atoms with Gasteiger partial charge in [0.15, 0.2) is 0 Å². The van der Waals surface area contributed by atoms with Gasteiger partial charge in [-0.3, -0.25) is 0 Å². The summed E-state index contributed by atoms with van der Waals surface area (Å²) in [6.07, 6.45) is 0. The van der Waals surface area contributed by atoms with Gasteiger partial charge in [0.1, 0.15) is 0 Å². The fourth-order valence-electron chi connectivity index (χ4n) is 19.4. The summed E-state index contributed by atoms with van der Waals surface area (Å²) < 4.78 is 73.5. The lowest BCUT2D eigenvalue weighted by atomic mass is 9.33. The number of aromatic nitrogens is 1. The molecule has 3 nitrogen and oxygen atoms in total. The van der Waals surface area contributed by atoms with E-state index in [1.807, 2.05) is 54.6 Å². The van der Waals surface area contributed by atoms with Gasteiger partial charge in [-0.15, -0.1) is 0 Å². The first-order chi connectivity index (χ1) is 66.0. The summed E-state index contributed by atoms with van der Waals surface area (Å²) in [5, 5.41) is 0.217. The molecule has 0 spiro atoms. The molecule has 0 atom stereocenters. The summed E-state index contributed by atoms with van der Waals surface area (Å²) in [6.45, 7) is 6.33. The van der Waals surface area contributed by atoms with E-state index in [0.717, 1.165) is 190 Å². The monoisotopic (exact) mass is 1640 g/mol. The third-order valence-corrected chi connectivity index (χ3v) is 25.7. The molecule has 3 heterocycles. The third kappa shape index (κ3) is 13.9. The normalized spacial score (nSPS) is 12.9. The van der Waals surface area contributed by atoms with Gasteiger partial charge >= 0.3 is 0 Å². The van der Waals surface area contributed by atoms with Gasteiger partial charge in [0.2, 0.25) is 0 Å². The van der Waals surface area contributed by atoms with Gasteiger partial charge in [0.05, 0.1) is 32.0 Å². The Morgan fingerprint density at radius 3 is 0.984 bits per heavy atom. The molecule has 0 bridgehead atoms. The Morgan fingerprint density at radius 2 is 0.547 bits per heavy atom. The molecule has 0 unspecified atom stereocenters. The second-order valence-corrected chi connectivity index (χ2v) is 34.5. The second-order valence-electron chi connectivity index (χ2n) is 34.5. The standard InChI is InChI=1S/C124H88BN3/c1-124(2,3)105-80-119-121-120(81-105)128(123-110(94-60-56-90(57-61-94)83-34-13-4-14-35-83)77-104(89-46-25-10-26-47-89)78-111(123)95-62-58-91(59-63-95)84-36-15-5-16-37-84)118-82-106(126-115-55-32-31-54-107(115)112-74-98(64-68-116(112)126)97-53-33-52-96(70-97)85-38-17-6-18-39-85)66-67-113(118)125(121)114-79-99(102-72-100(86-40-19-7-20-41-86)71-101(73-102)87-42-21-8-22-43-87)65-69-117(114)127(119)122-108(92-48-27-11-28-49-92)75-103(88-44-23-9-24-45-88)76-109(122)93-50-29-12-30-51-93/h4-82H,1-3H3/i31D,32D,54D,55D,64D,68D,74D. The van der Waals surface area contributed by atoms with Crippen LogP contribution in [0.4, 0.5) is 34.1 Å². The predicted octanol–water partition coefficient (Wildman–Crippen LogP) is 31.8. The van der Waals surface area contributed by atoms with Crippen molar-refractivity contribution in [3.8, 4) is 150 Å². The van der Waals surface area contributed by atoms with Crippen molar-refractivity contribution in [2.24, 2.45) is 0 Å².